The molecule has 0 aliphatic carbocycles. The molecule has 2 fully saturated rings. The zero-order valence-electron chi connectivity index (χ0n) is 16.5. The number of urea groups is 1. The normalized spacial score (nSPS) is 22.3. The van der Waals surface area contributed by atoms with Gasteiger partial charge in [-0.15, -0.1) is 5.10 Å². The Hall–Kier alpha value is -2.61. The van der Waals surface area contributed by atoms with Gasteiger partial charge in [0, 0.05) is 38.5 Å². The van der Waals surface area contributed by atoms with Crippen molar-refractivity contribution >= 4 is 17.7 Å². The highest BCUT2D eigenvalue weighted by Gasteiger charge is 2.39. The summed E-state index contributed by atoms with van der Waals surface area (Å²) < 4.78 is 11.7. The van der Waals surface area contributed by atoms with E-state index in [2.05, 4.69) is 15.5 Å². The van der Waals surface area contributed by atoms with Crippen LogP contribution in [0.3, 0.4) is 0 Å². The van der Waals surface area contributed by atoms with E-state index in [-0.39, 0.29) is 11.6 Å². The van der Waals surface area contributed by atoms with E-state index in [0.717, 1.165) is 50.1 Å². The molecule has 1 aromatic carbocycles. The molecule has 2 aliphatic rings. The van der Waals surface area contributed by atoms with Gasteiger partial charge in [0.25, 0.3) is 0 Å². The standard InChI is InChI=1S/C20H27N5O3/c1-24(2)19-23-22-17(28-19)15-6-8-16(9-7-15)21-18(26)25-12-5-11-20(14-25)10-3-4-13-27-20/h6-9H,3-5,10-14H2,1-2H3,(H,21,26). The summed E-state index contributed by atoms with van der Waals surface area (Å²) in [6.45, 7) is 2.25. The maximum absolute atomic E-state index is 12.7. The molecule has 2 aliphatic heterocycles. The molecule has 1 spiro atoms. The van der Waals surface area contributed by atoms with E-state index in [0.29, 0.717) is 18.5 Å². The van der Waals surface area contributed by atoms with Crippen LogP contribution in [0.15, 0.2) is 28.7 Å². The molecule has 8 heteroatoms. The number of ether oxygens (including phenoxy) is 1. The molecule has 2 aromatic rings. The van der Waals surface area contributed by atoms with E-state index in [1.807, 2.05) is 43.3 Å². The predicted octanol–water partition coefficient (Wildman–Crippen LogP) is 3.37. The summed E-state index contributed by atoms with van der Waals surface area (Å²) in [4.78, 5) is 16.4. The molecular weight excluding hydrogens is 358 g/mol. The highest BCUT2D eigenvalue weighted by molar-refractivity contribution is 5.89. The molecule has 0 radical (unpaired) electrons. The number of aromatic nitrogens is 2. The van der Waals surface area contributed by atoms with Gasteiger partial charge < -0.3 is 24.3 Å². The van der Waals surface area contributed by atoms with Gasteiger partial charge in [0.05, 0.1) is 12.1 Å². The molecule has 1 atom stereocenters. The summed E-state index contributed by atoms with van der Waals surface area (Å²) in [5.41, 5.74) is 1.41. The molecule has 4 rings (SSSR count). The Labute approximate surface area is 164 Å². The van der Waals surface area contributed by atoms with E-state index >= 15 is 0 Å². The molecule has 0 bridgehead atoms. The number of rotatable bonds is 3. The molecule has 1 N–H and O–H groups in total. The zero-order valence-corrected chi connectivity index (χ0v) is 16.5. The fraction of sp³-hybridized carbons (Fsp3) is 0.550. The van der Waals surface area contributed by atoms with Crippen LogP contribution in [-0.2, 0) is 4.74 Å². The Balaban J connectivity index is 1.39. The van der Waals surface area contributed by atoms with Crippen molar-refractivity contribution in [2.45, 2.75) is 37.7 Å². The van der Waals surface area contributed by atoms with Gasteiger partial charge in [-0.05, 0) is 56.4 Å². The summed E-state index contributed by atoms with van der Waals surface area (Å²) in [5, 5.41) is 11.0. The van der Waals surface area contributed by atoms with E-state index in [1.54, 1.807) is 4.90 Å². The van der Waals surface area contributed by atoms with Crippen molar-refractivity contribution in [3.05, 3.63) is 24.3 Å². The van der Waals surface area contributed by atoms with Crippen molar-refractivity contribution in [1.29, 1.82) is 0 Å². The molecule has 28 heavy (non-hydrogen) atoms. The summed E-state index contributed by atoms with van der Waals surface area (Å²) in [5.74, 6) is 0.453. The van der Waals surface area contributed by atoms with Crippen LogP contribution >= 0.6 is 0 Å². The number of carbonyl (C=O) groups is 1. The molecular formula is C20H27N5O3. The summed E-state index contributed by atoms with van der Waals surface area (Å²) >= 11 is 0. The Morgan fingerprint density at radius 1 is 1.14 bits per heavy atom. The number of likely N-dealkylation sites (tertiary alicyclic amines) is 1. The topological polar surface area (TPSA) is 83.7 Å². The van der Waals surface area contributed by atoms with Crippen LogP contribution in [0.25, 0.3) is 11.5 Å². The van der Waals surface area contributed by atoms with Crippen molar-refractivity contribution < 1.29 is 13.9 Å². The van der Waals surface area contributed by atoms with Gasteiger partial charge in [-0.1, -0.05) is 5.10 Å². The SMILES string of the molecule is CN(C)c1nnc(-c2ccc(NC(=O)N3CCCC4(CCCCO4)C3)cc2)o1. The second-order valence-corrected chi connectivity index (χ2v) is 7.81. The second-order valence-electron chi connectivity index (χ2n) is 7.81. The highest BCUT2D eigenvalue weighted by Crippen LogP contribution is 2.34. The summed E-state index contributed by atoms with van der Waals surface area (Å²) in [7, 11) is 3.69. The lowest BCUT2D eigenvalue weighted by Gasteiger charge is -2.44. The van der Waals surface area contributed by atoms with Crippen molar-refractivity contribution in [2.75, 3.05) is 44.0 Å². The smallest absolute Gasteiger partial charge is 0.321 e. The average Bonchev–Trinajstić information content (AvgIpc) is 3.20. The minimum Gasteiger partial charge on any atom is -0.403 e. The predicted molar refractivity (Wildman–Crippen MR) is 106 cm³/mol. The van der Waals surface area contributed by atoms with E-state index in [1.165, 1.54) is 6.42 Å². The van der Waals surface area contributed by atoms with Gasteiger partial charge in [-0.2, -0.15) is 0 Å². The summed E-state index contributed by atoms with van der Waals surface area (Å²) in [6.07, 6.45) is 5.38. The monoisotopic (exact) mass is 385 g/mol. The molecule has 1 aromatic heterocycles. The van der Waals surface area contributed by atoms with Crippen molar-refractivity contribution in [2.24, 2.45) is 0 Å². The number of benzene rings is 1. The highest BCUT2D eigenvalue weighted by atomic mass is 16.5. The third-order valence-corrected chi connectivity index (χ3v) is 5.44. The lowest BCUT2D eigenvalue weighted by molar-refractivity contribution is -0.108. The number of amides is 2. The van der Waals surface area contributed by atoms with Crippen LogP contribution in [-0.4, -0.2) is 60.5 Å². The van der Waals surface area contributed by atoms with E-state index in [9.17, 15) is 4.79 Å². The van der Waals surface area contributed by atoms with Gasteiger partial charge in [-0.25, -0.2) is 4.79 Å². The minimum absolute atomic E-state index is 0.0753. The third kappa shape index (κ3) is 3.96. The van der Waals surface area contributed by atoms with Crippen LogP contribution in [0.5, 0.6) is 0 Å². The van der Waals surface area contributed by atoms with Crippen molar-refractivity contribution in [3.63, 3.8) is 0 Å². The molecule has 3 heterocycles. The molecule has 2 saturated heterocycles. The number of piperidine rings is 1. The molecule has 8 nitrogen and oxygen atoms in total. The lowest BCUT2D eigenvalue weighted by Crippen LogP contribution is -2.54. The lowest BCUT2D eigenvalue weighted by atomic mass is 9.86. The Morgan fingerprint density at radius 2 is 1.93 bits per heavy atom. The maximum atomic E-state index is 12.7. The van der Waals surface area contributed by atoms with Crippen molar-refractivity contribution in [1.82, 2.24) is 15.1 Å². The average molecular weight is 385 g/mol. The first-order chi connectivity index (χ1) is 13.5. The second kappa shape index (κ2) is 7.79. The number of nitrogens with zero attached hydrogens (tertiary/aromatic N) is 4. The van der Waals surface area contributed by atoms with Gasteiger partial charge in [0.2, 0.25) is 5.89 Å². The van der Waals surface area contributed by atoms with E-state index < -0.39 is 0 Å². The minimum atomic E-state index is -0.139. The zero-order chi connectivity index (χ0) is 19.6. The molecule has 1 unspecified atom stereocenters. The Bertz CT molecular complexity index is 806. The first-order valence-corrected chi connectivity index (χ1v) is 9.86. The van der Waals surface area contributed by atoms with Gasteiger partial charge >= 0.3 is 12.0 Å². The van der Waals surface area contributed by atoms with Crippen LogP contribution in [0.2, 0.25) is 0 Å². The first kappa shape index (κ1) is 18.7. The van der Waals surface area contributed by atoms with Crippen LogP contribution in [0, 0.1) is 0 Å². The van der Waals surface area contributed by atoms with Crippen LogP contribution < -0.4 is 10.2 Å². The fourth-order valence-electron chi connectivity index (χ4n) is 3.91. The van der Waals surface area contributed by atoms with Crippen LogP contribution in [0.4, 0.5) is 16.5 Å². The van der Waals surface area contributed by atoms with Gasteiger partial charge in [0.1, 0.15) is 0 Å². The quantitative estimate of drug-likeness (QED) is 0.872. The summed E-state index contributed by atoms with van der Waals surface area (Å²) in [6, 6.07) is 7.81. The van der Waals surface area contributed by atoms with Gasteiger partial charge in [0.15, 0.2) is 0 Å². The van der Waals surface area contributed by atoms with Gasteiger partial charge in [-0.3, -0.25) is 0 Å². The Morgan fingerprint density at radius 3 is 2.61 bits per heavy atom. The van der Waals surface area contributed by atoms with Crippen LogP contribution in [0.1, 0.15) is 32.1 Å². The third-order valence-electron chi connectivity index (χ3n) is 5.44. The molecule has 0 saturated carbocycles. The fourth-order valence-corrected chi connectivity index (χ4v) is 3.91. The first-order valence-electron chi connectivity index (χ1n) is 9.86. The number of hydrogen-bond acceptors (Lipinski definition) is 6. The Kier molecular flexibility index (Phi) is 5.21. The van der Waals surface area contributed by atoms with Crippen molar-refractivity contribution in [3.8, 4) is 11.5 Å². The largest absolute Gasteiger partial charge is 0.403 e. The van der Waals surface area contributed by atoms with E-state index in [4.69, 9.17) is 9.15 Å². The number of anilines is 2. The molecule has 150 valence electrons. The maximum Gasteiger partial charge on any atom is 0.321 e. The molecule has 2 amide bonds. The number of nitrogens with one attached hydrogen (secondary N) is 1. The number of hydrogen-bond donors (Lipinski definition) is 1. The number of carbonyl (C=O) groups excluding carboxylic acids is 1.